The number of rotatable bonds is 4. The van der Waals surface area contributed by atoms with Crippen LogP contribution in [0.5, 0.6) is 0 Å². The first-order chi connectivity index (χ1) is 11.7. The van der Waals surface area contributed by atoms with Crippen molar-refractivity contribution in [1.29, 1.82) is 0 Å². The van der Waals surface area contributed by atoms with E-state index < -0.39 is 0 Å². The third-order valence-corrected chi connectivity index (χ3v) is 4.94. The van der Waals surface area contributed by atoms with Gasteiger partial charge in [-0.2, -0.15) is 4.52 Å². The predicted octanol–water partition coefficient (Wildman–Crippen LogP) is 3.13. The summed E-state index contributed by atoms with van der Waals surface area (Å²) < 4.78 is 2.90. The van der Waals surface area contributed by atoms with E-state index >= 15 is 0 Å². The summed E-state index contributed by atoms with van der Waals surface area (Å²) in [7, 11) is 0. The summed E-state index contributed by atoms with van der Waals surface area (Å²) in [5, 5.41) is 16.1. The van der Waals surface area contributed by atoms with Gasteiger partial charge in [-0.1, -0.05) is 22.0 Å². The molecular weight excluding hydrogens is 368 g/mol. The van der Waals surface area contributed by atoms with E-state index in [1.54, 1.807) is 4.52 Å². The lowest BCUT2D eigenvalue weighted by Crippen LogP contribution is -2.22. The van der Waals surface area contributed by atoms with E-state index in [-0.39, 0.29) is 0 Å². The predicted molar refractivity (Wildman–Crippen MR) is 98.5 cm³/mol. The van der Waals surface area contributed by atoms with Crippen molar-refractivity contribution in [2.24, 2.45) is 5.92 Å². The van der Waals surface area contributed by atoms with Gasteiger partial charge in [0.25, 0.3) is 0 Å². The molecular formula is C17H19BrN6. The van der Waals surface area contributed by atoms with Crippen molar-refractivity contribution in [2.75, 3.05) is 29.9 Å². The second-order valence-electron chi connectivity index (χ2n) is 6.20. The van der Waals surface area contributed by atoms with E-state index in [2.05, 4.69) is 65.7 Å². The normalized spacial score (nSPS) is 17.6. The Morgan fingerprint density at radius 2 is 2.17 bits per heavy atom. The zero-order valence-electron chi connectivity index (χ0n) is 13.5. The highest BCUT2D eigenvalue weighted by Crippen LogP contribution is 2.26. The maximum atomic E-state index is 4.55. The molecule has 1 aromatic carbocycles. The van der Waals surface area contributed by atoms with Crippen LogP contribution in [0.3, 0.4) is 0 Å². The van der Waals surface area contributed by atoms with Crippen molar-refractivity contribution >= 4 is 33.1 Å². The van der Waals surface area contributed by atoms with Crippen LogP contribution in [0.1, 0.15) is 12.2 Å². The summed E-state index contributed by atoms with van der Waals surface area (Å²) in [6.07, 6.45) is 1.19. The van der Waals surface area contributed by atoms with Crippen molar-refractivity contribution in [3.63, 3.8) is 0 Å². The van der Waals surface area contributed by atoms with Gasteiger partial charge in [0.15, 0.2) is 11.5 Å². The monoisotopic (exact) mass is 386 g/mol. The van der Waals surface area contributed by atoms with E-state index in [1.807, 2.05) is 19.1 Å². The maximum Gasteiger partial charge on any atom is 0.178 e. The number of nitrogens with zero attached hydrogens (tertiary/aromatic N) is 5. The SMILES string of the molecule is Cc1nnc2ccc(NCC3CCN(c4cccc(Br)c4)C3)nn12. The molecule has 1 fully saturated rings. The van der Waals surface area contributed by atoms with Gasteiger partial charge in [-0.05, 0) is 49.6 Å². The standard InChI is InChI=1S/C17H19BrN6/c1-12-20-21-17-6-5-16(22-24(12)17)19-10-13-7-8-23(11-13)15-4-2-3-14(18)9-15/h2-6,9,13H,7-8,10-11H2,1H3,(H,19,22). The van der Waals surface area contributed by atoms with Crippen molar-refractivity contribution in [3.05, 3.63) is 46.7 Å². The van der Waals surface area contributed by atoms with E-state index in [4.69, 9.17) is 0 Å². The first kappa shape index (κ1) is 15.4. The second kappa shape index (κ2) is 6.39. The van der Waals surface area contributed by atoms with Gasteiger partial charge < -0.3 is 10.2 Å². The molecule has 1 aliphatic rings. The molecule has 1 saturated heterocycles. The Labute approximate surface area is 149 Å². The fourth-order valence-corrected chi connectivity index (χ4v) is 3.53. The number of aryl methyl sites for hydroxylation is 1. The number of nitrogens with one attached hydrogen (secondary N) is 1. The molecule has 1 aliphatic heterocycles. The van der Waals surface area contributed by atoms with Crippen molar-refractivity contribution in [1.82, 2.24) is 19.8 Å². The highest BCUT2D eigenvalue weighted by Gasteiger charge is 2.22. The van der Waals surface area contributed by atoms with Crippen LogP contribution in [0.15, 0.2) is 40.9 Å². The van der Waals surface area contributed by atoms with Crippen LogP contribution < -0.4 is 10.2 Å². The summed E-state index contributed by atoms with van der Waals surface area (Å²) in [6, 6.07) is 12.4. The summed E-state index contributed by atoms with van der Waals surface area (Å²) in [4.78, 5) is 2.44. The third-order valence-electron chi connectivity index (χ3n) is 4.45. The van der Waals surface area contributed by atoms with Gasteiger partial charge in [0.2, 0.25) is 0 Å². The van der Waals surface area contributed by atoms with Gasteiger partial charge in [-0.25, -0.2) is 0 Å². The maximum absolute atomic E-state index is 4.55. The van der Waals surface area contributed by atoms with Gasteiger partial charge in [0.1, 0.15) is 5.82 Å². The molecule has 1 N–H and O–H groups in total. The van der Waals surface area contributed by atoms with Crippen LogP contribution in [0.25, 0.3) is 5.65 Å². The molecule has 124 valence electrons. The fourth-order valence-electron chi connectivity index (χ4n) is 3.15. The molecule has 7 heteroatoms. The molecule has 0 aliphatic carbocycles. The van der Waals surface area contributed by atoms with E-state index in [0.717, 1.165) is 41.4 Å². The minimum absolute atomic E-state index is 0.614. The molecule has 6 nitrogen and oxygen atoms in total. The van der Waals surface area contributed by atoms with Crippen molar-refractivity contribution in [3.8, 4) is 0 Å². The molecule has 0 saturated carbocycles. The fraction of sp³-hybridized carbons (Fsp3) is 0.353. The molecule has 2 aromatic heterocycles. The van der Waals surface area contributed by atoms with Crippen LogP contribution in [0.4, 0.5) is 11.5 Å². The molecule has 3 aromatic rings. The highest BCUT2D eigenvalue weighted by atomic mass is 79.9. The van der Waals surface area contributed by atoms with Crippen molar-refractivity contribution < 1.29 is 0 Å². The van der Waals surface area contributed by atoms with Gasteiger partial charge in [-0.3, -0.25) is 0 Å². The van der Waals surface area contributed by atoms with Gasteiger partial charge >= 0.3 is 0 Å². The second-order valence-corrected chi connectivity index (χ2v) is 7.11. The first-order valence-electron chi connectivity index (χ1n) is 8.12. The summed E-state index contributed by atoms with van der Waals surface area (Å²) in [5.74, 6) is 2.28. The molecule has 0 amide bonds. The van der Waals surface area contributed by atoms with Crippen LogP contribution in [0, 0.1) is 12.8 Å². The Kier molecular flexibility index (Phi) is 4.10. The van der Waals surface area contributed by atoms with Gasteiger partial charge in [-0.15, -0.1) is 15.3 Å². The summed E-state index contributed by atoms with van der Waals surface area (Å²) >= 11 is 3.55. The number of halogens is 1. The molecule has 1 unspecified atom stereocenters. The largest absolute Gasteiger partial charge is 0.371 e. The Bertz CT molecular complexity index is 861. The van der Waals surface area contributed by atoms with Crippen LogP contribution in [0.2, 0.25) is 0 Å². The number of hydrogen-bond donors (Lipinski definition) is 1. The molecule has 0 spiro atoms. The van der Waals surface area contributed by atoms with E-state index in [9.17, 15) is 0 Å². The number of hydrogen-bond acceptors (Lipinski definition) is 5. The number of benzene rings is 1. The Hall–Kier alpha value is -2.15. The number of aromatic nitrogens is 4. The summed E-state index contributed by atoms with van der Waals surface area (Å²) in [5.41, 5.74) is 2.06. The number of anilines is 2. The zero-order chi connectivity index (χ0) is 16.5. The van der Waals surface area contributed by atoms with Gasteiger partial charge in [0.05, 0.1) is 0 Å². The molecule has 4 rings (SSSR count). The zero-order valence-corrected chi connectivity index (χ0v) is 15.1. The molecule has 3 heterocycles. The molecule has 0 bridgehead atoms. The van der Waals surface area contributed by atoms with Crippen LogP contribution in [-0.2, 0) is 0 Å². The topological polar surface area (TPSA) is 58.4 Å². The summed E-state index contributed by atoms with van der Waals surface area (Å²) in [6.45, 7) is 4.99. The molecule has 0 radical (unpaired) electrons. The van der Waals surface area contributed by atoms with Crippen molar-refractivity contribution in [2.45, 2.75) is 13.3 Å². The van der Waals surface area contributed by atoms with E-state index in [1.165, 1.54) is 12.1 Å². The lowest BCUT2D eigenvalue weighted by atomic mass is 10.1. The molecule has 24 heavy (non-hydrogen) atoms. The Balaban J connectivity index is 1.38. The van der Waals surface area contributed by atoms with E-state index in [0.29, 0.717) is 5.92 Å². The minimum atomic E-state index is 0.614. The highest BCUT2D eigenvalue weighted by molar-refractivity contribution is 9.10. The quantitative estimate of drug-likeness (QED) is 0.746. The minimum Gasteiger partial charge on any atom is -0.371 e. The smallest absolute Gasteiger partial charge is 0.178 e. The number of fused-ring (bicyclic) bond motifs is 1. The lowest BCUT2D eigenvalue weighted by molar-refractivity contribution is 0.620. The lowest BCUT2D eigenvalue weighted by Gasteiger charge is -2.19. The van der Waals surface area contributed by atoms with Gasteiger partial charge in [0, 0.05) is 29.8 Å². The Morgan fingerprint density at radius 3 is 3.04 bits per heavy atom. The average molecular weight is 387 g/mol. The van der Waals surface area contributed by atoms with Crippen LogP contribution >= 0.6 is 15.9 Å². The third kappa shape index (κ3) is 3.08. The first-order valence-corrected chi connectivity index (χ1v) is 8.92. The molecule has 1 atom stereocenters. The average Bonchev–Trinajstić information content (AvgIpc) is 3.20. The Morgan fingerprint density at radius 1 is 1.25 bits per heavy atom. The van der Waals surface area contributed by atoms with Crippen LogP contribution in [-0.4, -0.2) is 39.4 Å².